The van der Waals surface area contributed by atoms with Gasteiger partial charge in [0.2, 0.25) is 5.76 Å². The predicted molar refractivity (Wildman–Crippen MR) is 75.5 cm³/mol. The van der Waals surface area contributed by atoms with E-state index in [4.69, 9.17) is 10.2 Å². The first-order valence-corrected chi connectivity index (χ1v) is 6.49. The highest BCUT2D eigenvalue weighted by Gasteiger charge is 2.33. The molecule has 1 saturated heterocycles. The van der Waals surface area contributed by atoms with Crippen LogP contribution in [-0.4, -0.2) is 34.9 Å². The summed E-state index contributed by atoms with van der Waals surface area (Å²) >= 11 is 0. The summed E-state index contributed by atoms with van der Waals surface area (Å²) < 4.78 is 5.41. The molecule has 2 N–H and O–H groups in total. The van der Waals surface area contributed by atoms with E-state index >= 15 is 0 Å². The molecule has 0 aliphatic carbocycles. The van der Waals surface area contributed by atoms with Gasteiger partial charge < -0.3 is 15.1 Å². The zero-order chi connectivity index (χ0) is 13.3. The van der Waals surface area contributed by atoms with Crippen LogP contribution in [0.4, 0.5) is 0 Å². The minimum Gasteiger partial charge on any atom is -0.436 e. The van der Waals surface area contributed by atoms with Gasteiger partial charge in [-0.25, -0.2) is 4.98 Å². The molecule has 6 heteroatoms. The predicted octanol–water partition coefficient (Wildman–Crippen LogP) is 1.91. The summed E-state index contributed by atoms with van der Waals surface area (Å²) in [5.41, 5.74) is 6.46. The number of likely N-dealkylation sites (tertiary alicyclic amines) is 1. The third-order valence-corrected chi connectivity index (χ3v) is 3.72. The van der Waals surface area contributed by atoms with Crippen molar-refractivity contribution in [2.45, 2.75) is 39.7 Å². The number of aryl methyl sites for hydroxylation is 2. The first-order chi connectivity index (χ1) is 8.54. The van der Waals surface area contributed by atoms with Crippen LogP contribution in [0.5, 0.6) is 0 Å². The lowest BCUT2D eigenvalue weighted by molar-refractivity contribution is 0.0499. The Morgan fingerprint density at radius 3 is 2.74 bits per heavy atom. The van der Waals surface area contributed by atoms with Crippen LogP contribution < -0.4 is 5.73 Å². The van der Waals surface area contributed by atoms with Gasteiger partial charge in [0.15, 0.2) is 5.89 Å². The highest BCUT2D eigenvalue weighted by atomic mass is 35.5. The molecule has 1 fully saturated rings. The topological polar surface area (TPSA) is 72.4 Å². The molecule has 1 aliphatic rings. The molecule has 5 nitrogen and oxygen atoms in total. The van der Waals surface area contributed by atoms with E-state index in [2.05, 4.69) is 11.9 Å². The second-order valence-corrected chi connectivity index (χ2v) is 5.07. The fourth-order valence-electron chi connectivity index (χ4n) is 2.72. The number of carbonyl (C=O) groups excluding carboxylic acids is 1. The molecule has 2 unspecified atom stereocenters. The van der Waals surface area contributed by atoms with Gasteiger partial charge in [0.1, 0.15) is 0 Å². The number of piperidine rings is 1. The molecule has 19 heavy (non-hydrogen) atoms. The highest BCUT2D eigenvalue weighted by molar-refractivity contribution is 5.92. The fraction of sp³-hybridized carbons (Fsp3) is 0.692. The Morgan fingerprint density at radius 1 is 1.53 bits per heavy atom. The number of amides is 1. The van der Waals surface area contributed by atoms with E-state index in [-0.39, 0.29) is 24.4 Å². The number of hydrogen-bond donors (Lipinski definition) is 1. The second kappa shape index (κ2) is 6.39. The number of hydrogen-bond acceptors (Lipinski definition) is 4. The Labute approximate surface area is 120 Å². The molecule has 108 valence electrons. The Morgan fingerprint density at radius 2 is 2.21 bits per heavy atom. The van der Waals surface area contributed by atoms with Crippen LogP contribution in [0.2, 0.25) is 0 Å². The van der Waals surface area contributed by atoms with Gasteiger partial charge in [0.05, 0.1) is 5.69 Å². The van der Waals surface area contributed by atoms with Gasteiger partial charge in [-0.2, -0.15) is 0 Å². The Bertz CT molecular complexity index is 447. The highest BCUT2D eigenvalue weighted by Crippen LogP contribution is 2.25. The van der Waals surface area contributed by atoms with Gasteiger partial charge in [-0.1, -0.05) is 6.92 Å². The van der Waals surface area contributed by atoms with Crippen molar-refractivity contribution in [1.29, 1.82) is 0 Å². The van der Waals surface area contributed by atoms with Crippen molar-refractivity contribution in [2.24, 2.45) is 11.7 Å². The maximum Gasteiger partial charge on any atom is 0.291 e. The molecule has 0 spiro atoms. The molecule has 0 radical (unpaired) electrons. The number of aromatic nitrogens is 1. The number of nitrogens with two attached hydrogens (primary N) is 1. The summed E-state index contributed by atoms with van der Waals surface area (Å²) in [6.07, 6.45) is 2.15. The lowest BCUT2D eigenvalue weighted by atomic mass is 9.90. The van der Waals surface area contributed by atoms with Crippen molar-refractivity contribution in [3.05, 3.63) is 17.3 Å². The quantitative estimate of drug-likeness (QED) is 0.902. The van der Waals surface area contributed by atoms with Crippen molar-refractivity contribution in [3.8, 4) is 0 Å². The van der Waals surface area contributed by atoms with E-state index in [1.54, 1.807) is 13.8 Å². The summed E-state index contributed by atoms with van der Waals surface area (Å²) in [6.45, 7) is 6.95. The minimum atomic E-state index is -0.0740. The van der Waals surface area contributed by atoms with E-state index in [9.17, 15) is 4.79 Å². The molecule has 1 amide bonds. The summed E-state index contributed by atoms with van der Waals surface area (Å²) in [7, 11) is 0. The molecular formula is C13H22ClN3O2. The second-order valence-electron chi connectivity index (χ2n) is 5.07. The smallest absolute Gasteiger partial charge is 0.291 e. The maximum absolute atomic E-state index is 12.5. The lowest BCUT2D eigenvalue weighted by Crippen LogP contribution is -2.51. The van der Waals surface area contributed by atoms with E-state index in [0.717, 1.165) is 19.4 Å². The molecule has 0 aromatic carbocycles. The maximum atomic E-state index is 12.5. The Kier molecular flexibility index (Phi) is 5.38. The van der Waals surface area contributed by atoms with E-state index in [1.807, 2.05) is 4.90 Å². The van der Waals surface area contributed by atoms with Crippen LogP contribution >= 0.6 is 12.4 Å². The molecule has 1 aromatic heterocycles. The van der Waals surface area contributed by atoms with Gasteiger partial charge >= 0.3 is 0 Å². The van der Waals surface area contributed by atoms with Gasteiger partial charge in [-0.3, -0.25) is 4.79 Å². The zero-order valence-corrected chi connectivity index (χ0v) is 12.5. The summed E-state index contributed by atoms with van der Waals surface area (Å²) in [6, 6.07) is 0.107. The van der Waals surface area contributed by atoms with Crippen molar-refractivity contribution in [3.63, 3.8) is 0 Å². The van der Waals surface area contributed by atoms with E-state index in [0.29, 0.717) is 29.8 Å². The summed E-state index contributed by atoms with van der Waals surface area (Å²) in [5, 5.41) is 0. The van der Waals surface area contributed by atoms with Crippen LogP contribution in [-0.2, 0) is 0 Å². The molecule has 1 aromatic rings. The van der Waals surface area contributed by atoms with Gasteiger partial charge in [-0.05, 0) is 25.7 Å². The Balaban J connectivity index is 0.00000180. The first-order valence-electron chi connectivity index (χ1n) is 6.49. The van der Waals surface area contributed by atoms with Gasteiger partial charge in [0, 0.05) is 26.1 Å². The normalized spacial score (nSPS) is 23.1. The van der Waals surface area contributed by atoms with Crippen LogP contribution in [0.25, 0.3) is 0 Å². The van der Waals surface area contributed by atoms with E-state index < -0.39 is 0 Å². The van der Waals surface area contributed by atoms with Gasteiger partial charge in [0.25, 0.3) is 5.91 Å². The number of nitrogens with zero attached hydrogens (tertiary/aromatic N) is 2. The SMILES string of the molecule is Cc1nc(C)c(C(=O)N2CCCC(C)C2CN)o1.Cl. The van der Waals surface area contributed by atoms with Crippen LogP contribution in [0.15, 0.2) is 4.42 Å². The molecule has 0 bridgehead atoms. The van der Waals surface area contributed by atoms with Crippen LogP contribution in [0.3, 0.4) is 0 Å². The molecule has 0 saturated carbocycles. The van der Waals surface area contributed by atoms with Crippen molar-refractivity contribution >= 4 is 18.3 Å². The third-order valence-electron chi connectivity index (χ3n) is 3.72. The van der Waals surface area contributed by atoms with Crippen molar-refractivity contribution < 1.29 is 9.21 Å². The van der Waals surface area contributed by atoms with Gasteiger partial charge in [-0.15, -0.1) is 12.4 Å². The molecule has 2 atom stereocenters. The van der Waals surface area contributed by atoms with Crippen molar-refractivity contribution in [2.75, 3.05) is 13.1 Å². The zero-order valence-electron chi connectivity index (χ0n) is 11.7. The summed E-state index contributed by atoms with van der Waals surface area (Å²) in [4.78, 5) is 18.5. The van der Waals surface area contributed by atoms with Crippen LogP contribution in [0.1, 0.15) is 41.9 Å². The molecule has 2 rings (SSSR count). The number of rotatable bonds is 2. The fourth-order valence-corrected chi connectivity index (χ4v) is 2.72. The third kappa shape index (κ3) is 3.09. The number of halogens is 1. The van der Waals surface area contributed by atoms with Crippen LogP contribution in [0, 0.1) is 19.8 Å². The van der Waals surface area contributed by atoms with E-state index in [1.165, 1.54) is 0 Å². The number of oxazole rings is 1. The molecule has 1 aliphatic heterocycles. The Hall–Kier alpha value is -1.07. The average Bonchev–Trinajstić information content (AvgIpc) is 2.67. The average molecular weight is 288 g/mol. The summed E-state index contributed by atoms with van der Waals surface area (Å²) in [5.74, 6) is 1.26. The molecular weight excluding hydrogens is 266 g/mol. The minimum absolute atomic E-state index is 0. The van der Waals surface area contributed by atoms with Crippen molar-refractivity contribution in [1.82, 2.24) is 9.88 Å². The monoisotopic (exact) mass is 287 g/mol. The first kappa shape index (κ1) is 16.0. The number of carbonyl (C=O) groups is 1. The largest absolute Gasteiger partial charge is 0.436 e. The standard InChI is InChI=1S/C13H21N3O2.ClH/c1-8-5-4-6-16(11(8)7-14)13(17)12-9(2)15-10(3)18-12;/h8,11H,4-7,14H2,1-3H3;1H. The molecule has 2 heterocycles. The lowest BCUT2D eigenvalue weighted by Gasteiger charge is -2.39.